The van der Waals surface area contributed by atoms with Crippen molar-refractivity contribution in [2.45, 2.75) is 165 Å². The van der Waals surface area contributed by atoms with E-state index >= 15 is 0 Å². The second-order valence-corrected chi connectivity index (χ2v) is 32.0. The minimum atomic E-state index is -0.918. The van der Waals surface area contributed by atoms with Crippen LogP contribution < -0.4 is 10.6 Å². The Balaban J connectivity index is 0.000000274. The number of aromatic nitrogens is 2. The molecule has 2 N–H and O–H groups in total. The molecule has 4 fully saturated rings. The van der Waals surface area contributed by atoms with Crippen LogP contribution in [-0.2, 0) is 41.7 Å². The maximum absolute atomic E-state index is 13.3. The molecule has 2 heterocycles. The van der Waals surface area contributed by atoms with Crippen molar-refractivity contribution in [2.24, 2.45) is 81.8 Å². The molecule has 6 aliphatic carbocycles. The highest BCUT2D eigenvalue weighted by atomic mass is 79.9. The molecule has 14 atom stereocenters. The monoisotopic (exact) mass is 1400 g/mol. The number of hydrogen-bond donors (Lipinski definition) is 2. The summed E-state index contributed by atoms with van der Waals surface area (Å²) in [5.41, 5.74) is 4.03. The zero-order chi connectivity index (χ0) is 62.7. The van der Waals surface area contributed by atoms with E-state index in [0.717, 1.165) is 56.5 Å². The first-order chi connectivity index (χ1) is 42.0. The highest BCUT2D eigenvalue weighted by Gasteiger charge is 2.44. The molecule has 0 spiro atoms. The molecule has 6 aliphatic rings. The molecule has 12 rings (SSSR count). The van der Waals surface area contributed by atoms with Gasteiger partial charge in [0.05, 0.1) is 14.2 Å². The minimum absolute atomic E-state index is 0. The first-order valence-corrected chi connectivity index (χ1v) is 33.9. The van der Waals surface area contributed by atoms with Crippen LogP contribution in [-0.4, -0.2) is 68.8 Å². The van der Waals surface area contributed by atoms with Gasteiger partial charge in [-0.25, -0.2) is 0 Å². The Morgan fingerprint density at radius 1 is 0.473 bits per heavy atom. The molecule has 93 heavy (non-hydrogen) atoms. The third kappa shape index (κ3) is 17.4. The third-order valence-corrected chi connectivity index (χ3v) is 22.1. The SMILES string of the molecule is C.C.C.C.C.C1=CC2CC1CC2Cn1c2ccccc2c2ccccc21.C=CC1CC(/C=C\C2CC(C=C)C(Cn3c4ccccc4c4ccccc43)C2)C(CNC(=O)C(C)(C)CC(C)(Br)C(=O)OC)C1.COC(=O)C(C)(Br)CC(C)(C)C(=O)NCC1CC2C=CC1C2. The number of methoxy groups -OCH3 is 2. The van der Waals surface area contributed by atoms with Gasteiger partial charge in [0, 0.05) is 80.6 Å². The number of hydrogen-bond acceptors (Lipinski definition) is 6. The Labute approximate surface area is 576 Å². The normalized spacial score (nSPS) is 26.0. The zero-order valence-electron chi connectivity index (χ0n) is 53.2. The van der Waals surface area contributed by atoms with Crippen molar-refractivity contribution in [1.82, 2.24) is 19.8 Å². The van der Waals surface area contributed by atoms with E-state index in [1.54, 1.807) is 13.8 Å². The second kappa shape index (κ2) is 32.6. The quantitative estimate of drug-likeness (QED) is 0.0446. The van der Waals surface area contributed by atoms with Crippen LogP contribution in [0.1, 0.15) is 143 Å². The van der Waals surface area contributed by atoms with E-state index < -0.39 is 19.5 Å². The fraction of sp³-hybridized carbons (Fsp3) is 0.531. The Hall–Kier alpha value is -5.98. The van der Waals surface area contributed by atoms with Crippen LogP contribution in [0, 0.1) is 81.8 Å². The number of amides is 2. The van der Waals surface area contributed by atoms with Crippen molar-refractivity contribution in [2.75, 3.05) is 27.3 Å². The van der Waals surface area contributed by atoms with Gasteiger partial charge in [-0.05, 0) is 173 Å². The molecule has 6 aromatic rings. The number of nitrogens with zero attached hydrogens (tertiary/aromatic N) is 2. The van der Waals surface area contributed by atoms with Crippen LogP contribution in [0.4, 0.5) is 0 Å². The summed E-state index contributed by atoms with van der Waals surface area (Å²) in [6.45, 7) is 22.8. The average Bonchev–Trinajstić information content (AvgIpc) is 1.62. The molecule has 4 saturated carbocycles. The maximum atomic E-state index is 13.3. The summed E-state index contributed by atoms with van der Waals surface area (Å²) < 4.78 is 13.0. The second-order valence-electron chi connectivity index (χ2n) is 28.5. The summed E-state index contributed by atoms with van der Waals surface area (Å²) >= 11 is 6.87. The molecule has 4 aromatic carbocycles. The van der Waals surface area contributed by atoms with Gasteiger partial charge in [-0.3, -0.25) is 19.2 Å². The number of rotatable bonds is 20. The number of halogens is 2. The van der Waals surface area contributed by atoms with Crippen LogP contribution in [0.3, 0.4) is 0 Å². The van der Waals surface area contributed by atoms with Crippen LogP contribution in [0.5, 0.6) is 0 Å². The van der Waals surface area contributed by atoms with E-state index in [9.17, 15) is 19.2 Å². The summed E-state index contributed by atoms with van der Waals surface area (Å²) in [6, 6.07) is 35.2. The van der Waals surface area contributed by atoms with Crippen molar-refractivity contribution in [1.29, 1.82) is 0 Å². The number of esters is 2. The van der Waals surface area contributed by atoms with E-state index in [1.165, 1.54) is 90.1 Å². The topological polar surface area (TPSA) is 121 Å². The van der Waals surface area contributed by atoms with Gasteiger partial charge in [0.15, 0.2) is 0 Å². The van der Waals surface area contributed by atoms with Gasteiger partial charge in [0.2, 0.25) is 11.8 Å². The number of nitrogens with one attached hydrogen (secondary N) is 2. The van der Waals surface area contributed by atoms with Gasteiger partial charge >= 0.3 is 11.9 Å². The zero-order valence-corrected chi connectivity index (χ0v) is 56.4. The lowest BCUT2D eigenvalue weighted by atomic mass is 9.82. The van der Waals surface area contributed by atoms with Crippen molar-refractivity contribution in [3.63, 3.8) is 0 Å². The predicted molar refractivity (Wildman–Crippen MR) is 401 cm³/mol. The first kappa shape index (κ1) is 77.7. The van der Waals surface area contributed by atoms with Crippen molar-refractivity contribution in [3.8, 4) is 0 Å². The van der Waals surface area contributed by atoms with Gasteiger partial charge in [-0.1, -0.05) is 218 Å². The van der Waals surface area contributed by atoms with Gasteiger partial charge in [0.25, 0.3) is 0 Å². The smallest absolute Gasteiger partial charge is 0.322 e. The number of para-hydroxylation sites is 4. The molecule has 0 radical (unpaired) electrons. The molecule has 0 aliphatic heterocycles. The average molecular weight is 1400 g/mol. The van der Waals surface area contributed by atoms with Crippen molar-refractivity contribution >= 4 is 99.2 Å². The number of alkyl halides is 2. The highest BCUT2D eigenvalue weighted by molar-refractivity contribution is 9.10. The van der Waals surface area contributed by atoms with Crippen LogP contribution in [0.25, 0.3) is 43.6 Å². The van der Waals surface area contributed by atoms with Gasteiger partial charge in [0.1, 0.15) is 8.65 Å². The molecular formula is C81H114Br2N4O6. The van der Waals surface area contributed by atoms with Crippen molar-refractivity contribution < 1.29 is 28.7 Å². The molecule has 14 unspecified atom stereocenters. The van der Waals surface area contributed by atoms with Gasteiger partial charge in [-0.15, -0.1) is 13.2 Å². The van der Waals surface area contributed by atoms with E-state index in [2.05, 4.69) is 210 Å². The molecule has 10 nitrogen and oxygen atoms in total. The fourth-order valence-corrected chi connectivity index (χ4v) is 18.2. The lowest BCUT2D eigenvalue weighted by molar-refractivity contribution is -0.145. The first-order valence-electron chi connectivity index (χ1n) is 32.4. The molecule has 12 heteroatoms. The number of fused-ring (bicyclic) bond motifs is 10. The summed E-state index contributed by atoms with van der Waals surface area (Å²) in [5.74, 6) is 6.33. The van der Waals surface area contributed by atoms with E-state index in [0.29, 0.717) is 72.6 Å². The summed E-state index contributed by atoms with van der Waals surface area (Å²) in [4.78, 5) is 49.8. The molecule has 2 aromatic heterocycles. The Morgan fingerprint density at radius 2 is 0.849 bits per heavy atom. The standard InChI is InChI=1S/C39H49BrN2O3.C20H19N.C17H26BrNO3.5CH4/c1-7-26-19-29(30(20-26)23-41-36(43)38(3,4)25-39(5,40)37(44)45-6)18-17-27-21-28(8-2)31(22-27)24-42-34-15-11-9-13-32(34)33-14-10-12-16-35(33)42;1-3-7-19-17(5-1)18-6-2-4-8-20(18)21(19)13-16-12-14-9-10-15(16)11-14;1-16(2,10-17(3,18)15(21)22-4)14(20)19-9-13-8-11-5-6-12(13)7-11;;;;;/h7-18,26-31H,1-2,19-25H2,3-6H3,(H,41,43);1-10,14-16H,11-13H2;5-6,11-13H,7-10H2,1-4H3,(H,19,20);5*1H4/b18-17-;;;;;;;. The van der Waals surface area contributed by atoms with Crippen LogP contribution in [0.2, 0.25) is 0 Å². The fourth-order valence-electron chi connectivity index (χ4n) is 16.4. The van der Waals surface area contributed by atoms with Gasteiger partial charge < -0.3 is 29.2 Å². The van der Waals surface area contributed by atoms with Crippen LogP contribution in [0.15, 0.2) is 159 Å². The molecule has 2 amide bonds. The molecular weight excluding hydrogens is 1280 g/mol. The lowest BCUT2D eigenvalue weighted by Gasteiger charge is -2.31. The van der Waals surface area contributed by atoms with Crippen LogP contribution >= 0.6 is 31.9 Å². The summed E-state index contributed by atoms with van der Waals surface area (Å²) in [7, 11) is 2.73. The van der Waals surface area contributed by atoms with E-state index in [4.69, 9.17) is 9.47 Å². The molecule has 4 bridgehead atoms. The lowest BCUT2D eigenvalue weighted by Crippen LogP contribution is -2.45. The minimum Gasteiger partial charge on any atom is -0.468 e. The molecule has 0 saturated heterocycles. The van der Waals surface area contributed by atoms with E-state index in [-0.39, 0.29) is 60.9 Å². The third-order valence-electron chi connectivity index (χ3n) is 20.9. The number of ether oxygens (including phenoxy) is 2. The Kier molecular flexibility index (Phi) is 27.3. The highest BCUT2D eigenvalue weighted by Crippen LogP contribution is 2.47. The van der Waals surface area contributed by atoms with Crippen molar-refractivity contribution in [3.05, 3.63) is 159 Å². The Morgan fingerprint density at radius 3 is 1.23 bits per heavy atom. The van der Waals surface area contributed by atoms with E-state index in [1.807, 2.05) is 27.7 Å². The van der Waals surface area contributed by atoms with Gasteiger partial charge in [-0.2, -0.15) is 0 Å². The number of carbonyl (C=O) groups excluding carboxylic acids is 4. The maximum Gasteiger partial charge on any atom is 0.322 e. The summed E-state index contributed by atoms with van der Waals surface area (Å²) in [6.07, 6.45) is 28.9. The summed E-state index contributed by atoms with van der Waals surface area (Å²) in [5, 5.41) is 11.7. The Bertz CT molecular complexity index is 3510. The largest absolute Gasteiger partial charge is 0.468 e. The number of carbonyl (C=O) groups is 4. The molecule has 508 valence electrons. The number of benzene rings is 4. The number of allylic oxidation sites excluding steroid dienone is 8. The predicted octanol–water partition coefficient (Wildman–Crippen LogP) is 20.1.